The molecule has 0 fully saturated rings. The van der Waals surface area contributed by atoms with Crippen LogP contribution in [0.2, 0.25) is 0 Å². The summed E-state index contributed by atoms with van der Waals surface area (Å²) in [6, 6.07) is 5.39. The highest BCUT2D eigenvalue weighted by atomic mass is 16.5. The third kappa shape index (κ3) is 4.95. The first-order chi connectivity index (χ1) is 11.0. The molecular weight excluding hydrogens is 292 g/mol. The Labute approximate surface area is 136 Å². The second-order valence-corrected chi connectivity index (χ2v) is 5.63. The minimum atomic E-state index is -0.201. The summed E-state index contributed by atoms with van der Waals surface area (Å²) in [6.45, 7) is 6.32. The Bertz CT molecular complexity index is 659. The molecule has 0 unspecified atom stereocenters. The number of benzene rings is 1. The first-order valence-electron chi connectivity index (χ1n) is 7.50. The zero-order valence-corrected chi connectivity index (χ0v) is 13.9. The Morgan fingerprint density at radius 1 is 1.35 bits per heavy atom. The van der Waals surface area contributed by atoms with E-state index in [1.54, 1.807) is 30.5 Å². The van der Waals surface area contributed by atoms with Crippen LogP contribution in [-0.4, -0.2) is 34.1 Å². The van der Waals surface area contributed by atoms with Crippen LogP contribution in [0.5, 0.6) is 5.75 Å². The average molecular weight is 314 g/mol. The van der Waals surface area contributed by atoms with Gasteiger partial charge < -0.3 is 15.0 Å². The number of nitrogens with one attached hydrogen (secondary N) is 1. The number of rotatable bonds is 5. The lowest BCUT2D eigenvalue weighted by Gasteiger charge is -2.18. The van der Waals surface area contributed by atoms with Crippen molar-refractivity contribution in [2.24, 2.45) is 0 Å². The third-order valence-electron chi connectivity index (χ3n) is 3.15. The van der Waals surface area contributed by atoms with Crippen molar-refractivity contribution in [1.29, 1.82) is 0 Å². The second-order valence-electron chi connectivity index (χ2n) is 5.63. The predicted molar refractivity (Wildman–Crippen MR) is 89.5 cm³/mol. The van der Waals surface area contributed by atoms with E-state index in [2.05, 4.69) is 15.3 Å². The normalized spacial score (nSPS) is 10.5. The molecule has 0 bridgehead atoms. The van der Waals surface area contributed by atoms with E-state index in [4.69, 9.17) is 4.74 Å². The van der Waals surface area contributed by atoms with Crippen molar-refractivity contribution in [3.63, 3.8) is 0 Å². The van der Waals surface area contributed by atoms with E-state index in [0.717, 1.165) is 22.7 Å². The number of urea groups is 1. The predicted octanol–water partition coefficient (Wildman–Crippen LogP) is 3.24. The van der Waals surface area contributed by atoms with Crippen molar-refractivity contribution < 1.29 is 9.53 Å². The number of nitrogens with zero attached hydrogens (tertiary/aromatic N) is 3. The van der Waals surface area contributed by atoms with Crippen LogP contribution in [0, 0.1) is 6.92 Å². The van der Waals surface area contributed by atoms with E-state index < -0.39 is 0 Å². The standard InChI is InChI=1S/C17H22N4O2/c1-12(2)23-16-6-5-14(9-13(16)3)20-17(22)21(4)11-15-10-18-7-8-19-15/h5-10,12H,11H2,1-4H3,(H,20,22). The number of hydrogen-bond acceptors (Lipinski definition) is 4. The fraction of sp³-hybridized carbons (Fsp3) is 0.353. The molecule has 0 saturated carbocycles. The lowest BCUT2D eigenvalue weighted by molar-refractivity contribution is 0.220. The second kappa shape index (κ2) is 7.58. The van der Waals surface area contributed by atoms with E-state index in [-0.39, 0.29) is 12.1 Å². The highest BCUT2D eigenvalue weighted by Gasteiger charge is 2.11. The molecule has 0 aliphatic carbocycles. The zero-order valence-electron chi connectivity index (χ0n) is 13.9. The van der Waals surface area contributed by atoms with Gasteiger partial charge in [0.2, 0.25) is 0 Å². The van der Waals surface area contributed by atoms with Crippen LogP contribution >= 0.6 is 0 Å². The fourth-order valence-corrected chi connectivity index (χ4v) is 2.06. The monoisotopic (exact) mass is 314 g/mol. The summed E-state index contributed by atoms with van der Waals surface area (Å²) in [5.41, 5.74) is 2.45. The minimum Gasteiger partial charge on any atom is -0.491 e. The maximum Gasteiger partial charge on any atom is 0.321 e. The van der Waals surface area contributed by atoms with E-state index in [0.29, 0.717) is 6.54 Å². The van der Waals surface area contributed by atoms with Gasteiger partial charge in [0.05, 0.1) is 24.5 Å². The molecule has 0 aliphatic heterocycles. The van der Waals surface area contributed by atoms with Gasteiger partial charge in [0, 0.05) is 25.1 Å². The van der Waals surface area contributed by atoms with Crippen molar-refractivity contribution in [1.82, 2.24) is 14.9 Å². The Balaban J connectivity index is 1.98. The average Bonchev–Trinajstić information content (AvgIpc) is 2.50. The number of carbonyl (C=O) groups is 1. The molecule has 122 valence electrons. The van der Waals surface area contributed by atoms with Crippen molar-refractivity contribution >= 4 is 11.7 Å². The molecule has 1 aromatic heterocycles. The van der Waals surface area contributed by atoms with Crippen molar-refractivity contribution in [3.8, 4) is 5.75 Å². The quantitative estimate of drug-likeness (QED) is 0.920. The third-order valence-corrected chi connectivity index (χ3v) is 3.15. The van der Waals surface area contributed by atoms with Gasteiger partial charge in [0.25, 0.3) is 0 Å². The molecule has 0 atom stereocenters. The van der Waals surface area contributed by atoms with E-state index in [1.165, 1.54) is 0 Å². The van der Waals surface area contributed by atoms with Crippen molar-refractivity contribution in [2.75, 3.05) is 12.4 Å². The number of ether oxygens (including phenoxy) is 1. The molecule has 2 rings (SSSR count). The Kier molecular flexibility index (Phi) is 5.51. The van der Waals surface area contributed by atoms with Gasteiger partial charge in [-0.2, -0.15) is 0 Å². The molecule has 6 heteroatoms. The zero-order chi connectivity index (χ0) is 16.8. The summed E-state index contributed by atoms with van der Waals surface area (Å²) in [7, 11) is 1.72. The van der Waals surface area contributed by atoms with Crippen molar-refractivity contribution in [2.45, 2.75) is 33.4 Å². The van der Waals surface area contributed by atoms with Crippen LogP contribution < -0.4 is 10.1 Å². The first-order valence-corrected chi connectivity index (χ1v) is 7.50. The lowest BCUT2D eigenvalue weighted by Crippen LogP contribution is -2.31. The number of aryl methyl sites for hydroxylation is 1. The first kappa shape index (κ1) is 16.7. The topological polar surface area (TPSA) is 67.4 Å². The van der Waals surface area contributed by atoms with Crippen LogP contribution in [-0.2, 0) is 6.54 Å². The molecule has 1 N–H and O–H groups in total. The largest absolute Gasteiger partial charge is 0.491 e. The SMILES string of the molecule is Cc1cc(NC(=O)N(C)Cc2cnccn2)ccc1OC(C)C. The molecular formula is C17H22N4O2. The van der Waals surface area contributed by atoms with E-state index >= 15 is 0 Å². The van der Waals surface area contributed by atoms with E-state index in [1.807, 2.05) is 39.0 Å². The molecule has 1 aromatic carbocycles. The number of amides is 2. The van der Waals surface area contributed by atoms with Crippen LogP contribution in [0.4, 0.5) is 10.5 Å². The molecule has 2 amide bonds. The van der Waals surface area contributed by atoms with Gasteiger partial charge >= 0.3 is 6.03 Å². The Hall–Kier alpha value is -2.63. The molecule has 0 radical (unpaired) electrons. The summed E-state index contributed by atoms with van der Waals surface area (Å²) in [5.74, 6) is 0.825. The number of aromatic nitrogens is 2. The molecule has 6 nitrogen and oxygen atoms in total. The van der Waals surface area contributed by atoms with Gasteiger partial charge in [0.15, 0.2) is 0 Å². The van der Waals surface area contributed by atoms with Gasteiger partial charge in [-0.05, 0) is 44.5 Å². The van der Waals surface area contributed by atoms with Gasteiger partial charge in [-0.3, -0.25) is 9.97 Å². The Morgan fingerprint density at radius 2 is 2.13 bits per heavy atom. The minimum absolute atomic E-state index is 0.118. The molecule has 1 heterocycles. The van der Waals surface area contributed by atoms with Crippen LogP contribution in [0.3, 0.4) is 0 Å². The maximum atomic E-state index is 12.2. The van der Waals surface area contributed by atoms with Crippen LogP contribution in [0.15, 0.2) is 36.8 Å². The smallest absolute Gasteiger partial charge is 0.321 e. The lowest BCUT2D eigenvalue weighted by atomic mass is 10.2. The number of anilines is 1. The van der Waals surface area contributed by atoms with Crippen LogP contribution in [0.25, 0.3) is 0 Å². The van der Waals surface area contributed by atoms with Crippen LogP contribution in [0.1, 0.15) is 25.1 Å². The molecule has 0 aliphatic rings. The Morgan fingerprint density at radius 3 is 2.74 bits per heavy atom. The van der Waals surface area contributed by atoms with Gasteiger partial charge in [-0.1, -0.05) is 0 Å². The van der Waals surface area contributed by atoms with Gasteiger partial charge in [-0.25, -0.2) is 4.79 Å². The highest BCUT2D eigenvalue weighted by molar-refractivity contribution is 5.89. The number of carbonyl (C=O) groups excluding carboxylic acids is 1. The van der Waals surface area contributed by atoms with Gasteiger partial charge in [-0.15, -0.1) is 0 Å². The fourth-order valence-electron chi connectivity index (χ4n) is 2.06. The summed E-state index contributed by atoms with van der Waals surface area (Å²) >= 11 is 0. The maximum absolute atomic E-state index is 12.2. The van der Waals surface area contributed by atoms with Gasteiger partial charge in [0.1, 0.15) is 5.75 Å². The molecule has 23 heavy (non-hydrogen) atoms. The summed E-state index contributed by atoms with van der Waals surface area (Å²) in [5, 5.41) is 2.87. The van der Waals surface area contributed by atoms with Crippen molar-refractivity contribution in [3.05, 3.63) is 48.0 Å². The number of hydrogen-bond donors (Lipinski definition) is 1. The summed E-state index contributed by atoms with van der Waals surface area (Å²) < 4.78 is 5.69. The highest BCUT2D eigenvalue weighted by Crippen LogP contribution is 2.23. The summed E-state index contributed by atoms with van der Waals surface area (Å²) in [6.07, 6.45) is 4.98. The molecule has 0 spiro atoms. The molecule has 2 aromatic rings. The van der Waals surface area contributed by atoms with E-state index in [9.17, 15) is 4.79 Å². The molecule has 0 saturated heterocycles. The summed E-state index contributed by atoms with van der Waals surface area (Å²) in [4.78, 5) is 21.9.